The first-order chi connectivity index (χ1) is 13.4. The number of hydrogen-bond acceptors (Lipinski definition) is 4. The molecule has 1 aromatic carbocycles. The van der Waals surface area contributed by atoms with Crippen molar-refractivity contribution < 1.29 is 13.2 Å². The highest BCUT2D eigenvalue weighted by Crippen LogP contribution is 2.33. The van der Waals surface area contributed by atoms with Gasteiger partial charge < -0.3 is 9.72 Å². The molecule has 0 fully saturated rings. The van der Waals surface area contributed by atoms with Crippen molar-refractivity contribution in [3.63, 3.8) is 0 Å². The second kappa shape index (κ2) is 7.07. The molecule has 7 heteroatoms. The lowest BCUT2D eigenvalue weighted by Gasteiger charge is -2.26. The molecule has 0 saturated carbocycles. The number of fused-ring (bicyclic) bond motifs is 1. The highest BCUT2D eigenvalue weighted by atomic mass is 32.2. The van der Waals surface area contributed by atoms with E-state index in [2.05, 4.69) is 9.97 Å². The van der Waals surface area contributed by atoms with Crippen LogP contribution in [-0.4, -0.2) is 42.9 Å². The van der Waals surface area contributed by atoms with Crippen molar-refractivity contribution in [1.29, 1.82) is 0 Å². The van der Waals surface area contributed by atoms with Crippen molar-refractivity contribution in [3.05, 3.63) is 59.4 Å². The van der Waals surface area contributed by atoms with Gasteiger partial charge in [-0.15, -0.1) is 0 Å². The molecular formula is C21H23N3O3S. The number of ether oxygens (including phenoxy) is 1. The van der Waals surface area contributed by atoms with Gasteiger partial charge in [0.2, 0.25) is 10.0 Å². The summed E-state index contributed by atoms with van der Waals surface area (Å²) in [4.78, 5) is 7.91. The number of sulfonamides is 1. The third-order valence-electron chi connectivity index (χ3n) is 5.35. The molecule has 1 N–H and O–H groups in total. The minimum Gasteiger partial charge on any atom is -0.495 e. The zero-order chi connectivity index (χ0) is 19.9. The maximum absolute atomic E-state index is 13.2. The van der Waals surface area contributed by atoms with Gasteiger partial charge in [0, 0.05) is 31.0 Å². The number of aromatic nitrogens is 2. The Morgan fingerprint density at radius 2 is 2.00 bits per heavy atom. The second-order valence-corrected chi connectivity index (χ2v) is 8.94. The molecule has 0 spiro atoms. The van der Waals surface area contributed by atoms with E-state index in [1.807, 2.05) is 38.3 Å². The van der Waals surface area contributed by atoms with E-state index in [1.54, 1.807) is 18.3 Å². The van der Waals surface area contributed by atoms with E-state index in [1.165, 1.54) is 11.4 Å². The lowest BCUT2D eigenvalue weighted by Crippen LogP contribution is -2.35. The summed E-state index contributed by atoms with van der Waals surface area (Å²) in [5.41, 5.74) is 5.98. The van der Waals surface area contributed by atoms with Crippen LogP contribution >= 0.6 is 0 Å². The molecular weight excluding hydrogens is 374 g/mol. The van der Waals surface area contributed by atoms with Crippen LogP contribution in [0.25, 0.3) is 16.6 Å². The number of benzene rings is 1. The van der Waals surface area contributed by atoms with Gasteiger partial charge in [0.25, 0.3) is 0 Å². The zero-order valence-electron chi connectivity index (χ0n) is 16.2. The predicted octanol–water partition coefficient (Wildman–Crippen LogP) is 3.67. The molecule has 0 unspecified atom stereocenters. The highest BCUT2D eigenvalue weighted by molar-refractivity contribution is 7.89. The average Bonchev–Trinajstić information content (AvgIpc) is 3.14. The van der Waals surface area contributed by atoms with E-state index in [0.29, 0.717) is 25.3 Å². The molecule has 6 nitrogen and oxygen atoms in total. The predicted molar refractivity (Wildman–Crippen MR) is 110 cm³/mol. The quantitative estimate of drug-likeness (QED) is 0.729. The van der Waals surface area contributed by atoms with Crippen LogP contribution in [0, 0.1) is 13.8 Å². The number of nitrogens with zero attached hydrogens (tertiary/aromatic N) is 2. The third-order valence-corrected chi connectivity index (χ3v) is 7.24. The third kappa shape index (κ3) is 3.10. The fourth-order valence-corrected chi connectivity index (χ4v) is 5.18. The number of hydrogen-bond donors (Lipinski definition) is 1. The number of aromatic amines is 1. The monoisotopic (exact) mass is 397 g/mol. The number of pyridine rings is 1. The van der Waals surface area contributed by atoms with E-state index in [9.17, 15) is 8.42 Å². The van der Waals surface area contributed by atoms with E-state index in [4.69, 9.17) is 4.74 Å². The van der Waals surface area contributed by atoms with Crippen LogP contribution in [0.4, 0.5) is 0 Å². The molecule has 28 heavy (non-hydrogen) atoms. The lowest BCUT2D eigenvalue weighted by molar-refractivity contribution is 0.394. The summed E-state index contributed by atoms with van der Waals surface area (Å²) in [5, 5.41) is 0. The van der Waals surface area contributed by atoms with Crippen LogP contribution < -0.4 is 4.74 Å². The summed E-state index contributed by atoms with van der Waals surface area (Å²) in [6.07, 6.45) is 6.33. The maximum atomic E-state index is 13.2. The number of aryl methyl sites for hydroxylation is 2. The van der Waals surface area contributed by atoms with Gasteiger partial charge in [0.15, 0.2) is 0 Å². The lowest BCUT2D eigenvalue weighted by atomic mass is 10.0. The van der Waals surface area contributed by atoms with Gasteiger partial charge in [0.1, 0.15) is 10.6 Å². The van der Waals surface area contributed by atoms with E-state index < -0.39 is 10.0 Å². The molecule has 0 saturated heterocycles. The fourth-order valence-electron chi connectivity index (χ4n) is 3.58. The van der Waals surface area contributed by atoms with Crippen molar-refractivity contribution in [1.82, 2.24) is 14.3 Å². The first-order valence-corrected chi connectivity index (χ1v) is 10.6. The molecule has 3 heterocycles. The van der Waals surface area contributed by atoms with Crippen LogP contribution in [0.2, 0.25) is 0 Å². The zero-order valence-corrected chi connectivity index (χ0v) is 17.0. The van der Waals surface area contributed by atoms with Crippen LogP contribution in [0.5, 0.6) is 5.75 Å². The molecule has 0 aliphatic carbocycles. The second-order valence-electron chi connectivity index (χ2n) is 7.03. The minimum absolute atomic E-state index is 0.226. The molecule has 1 aliphatic heterocycles. The molecule has 2 aromatic heterocycles. The van der Waals surface area contributed by atoms with Gasteiger partial charge in [-0.2, -0.15) is 4.31 Å². The Hall–Kier alpha value is -2.64. The smallest absolute Gasteiger partial charge is 0.247 e. The number of rotatable bonds is 4. The van der Waals surface area contributed by atoms with Crippen LogP contribution in [0.15, 0.2) is 47.6 Å². The van der Waals surface area contributed by atoms with Crippen molar-refractivity contribution in [2.24, 2.45) is 0 Å². The van der Waals surface area contributed by atoms with Crippen molar-refractivity contribution >= 4 is 26.6 Å². The first-order valence-electron chi connectivity index (χ1n) is 9.18. The van der Waals surface area contributed by atoms with Gasteiger partial charge in [-0.05, 0) is 61.2 Å². The van der Waals surface area contributed by atoms with Crippen LogP contribution in [-0.2, 0) is 10.0 Å². The van der Waals surface area contributed by atoms with Crippen LogP contribution in [0.1, 0.15) is 23.1 Å². The summed E-state index contributed by atoms with van der Waals surface area (Å²) >= 11 is 0. The van der Waals surface area contributed by atoms with Gasteiger partial charge in [-0.1, -0.05) is 6.08 Å². The Morgan fingerprint density at radius 1 is 1.21 bits per heavy atom. The summed E-state index contributed by atoms with van der Waals surface area (Å²) in [5.74, 6) is 0.388. The molecule has 0 bridgehead atoms. The molecule has 3 aromatic rings. The van der Waals surface area contributed by atoms with Crippen molar-refractivity contribution in [2.75, 3.05) is 20.2 Å². The summed E-state index contributed by atoms with van der Waals surface area (Å²) in [6, 6.07) is 7.36. The molecule has 146 valence electrons. The standard InChI is InChI=1S/C21H23N3O3S/c1-14-11-19(27-3)20(12-15(14)2)28(25,26)24-9-6-16(7-10-24)17-13-23-18-5-4-8-22-21(17)18/h4-6,8,11-13,23H,7,9-10H2,1-3H3. The Balaban J connectivity index is 1.65. The molecule has 0 radical (unpaired) electrons. The Bertz CT molecular complexity index is 1180. The number of nitrogens with one attached hydrogen (secondary N) is 1. The fraction of sp³-hybridized carbons (Fsp3) is 0.286. The largest absolute Gasteiger partial charge is 0.495 e. The molecule has 1 aliphatic rings. The minimum atomic E-state index is -3.64. The SMILES string of the molecule is COc1cc(C)c(C)cc1S(=O)(=O)N1CC=C(c2c[nH]c3cccnc23)CC1. The van der Waals surface area contributed by atoms with E-state index in [0.717, 1.165) is 33.3 Å². The average molecular weight is 398 g/mol. The Labute approximate surface area is 164 Å². The van der Waals surface area contributed by atoms with E-state index >= 15 is 0 Å². The maximum Gasteiger partial charge on any atom is 0.247 e. The van der Waals surface area contributed by atoms with Crippen molar-refractivity contribution in [3.8, 4) is 5.75 Å². The van der Waals surface area contributed by atoms with Gasteiger partial charge in [-0.25, -0.2) is 8.42 Å². The Kier molecular flexibility index (Phi) is 4.72. The number of methoxy groups -OCH3 is 1. The van der Waals surface area contributed by atoms with Gasteiger partial charge >= 0.3 is 0 Å². The van der Waals surface area contributed by atoms with Crippen molar-refractivity contribution in [2.45, 2.75) is 25.2 Å². The number of H-pyrrole nitrogens is 1. The highest BCUT2D eigenvalue weighted by Gasteiger charge is 2.30. The van der Waals surface area contributed by atoms with Gasteiger partial charge in [0.05, 0.1) is 18.1 Å². The molecule has 4 rings (SSSR count). The Morgan fingerprint density at radius 3 is 2.71 bits per heavy atom. The molecule has 0 atom stereocenters. The first kappa shape index (κ1) is 18.7. The van der Waals surface area contributed by atoms with E-state index in [-0.39, 0.29) is 4.90 Å². The topological polar surface area (TPSA) is 75.3 Å². The van der Waals surface area contributed by atoms with Crippen LogP contribution in [0.3, 0.4) is 0 Å². The normalized spacial score (nSPS) is 15.6. The molecule has 0 amide bonds. The summed E-state index contributed by atoms with van der Waals surface area (Å²) in [6.45, 7) is 4.60. The van der Waals surface area contributed by atoms with Gasteiger partial charge in [-0.3, -0.25) is 4.98 Å². The summed E-state index contributed by atoms with van der Waals surface area (Å²) < 4.78 is 33.3. The summed E-state index contributed by atoms with van der Waals surface area (Å²) in [7, 11) is -2.14.